The molecule has 0 atom stereocenters. The molecule has 0 bridgehead atoms. The molecule has 0 aliphatic heterocycles. The minimum absolute atomic E-state index is 0.813. The van der Waals surface area contributed by atoms with Crippen molar-refractivity contribution in [2.45, 2.75) is 13.3 Å². The van der Waals surface area contributed by atoms with Crippen LogP contribution in [0.2, 0.25) is 0 Å². The van der Waals surface area contributed by atoms with Gasteiger partial charge in [-0.3, -0.25) is 5.43 Å². The van der Waals surface area contributed by atoms with Crippen molar-refractivity contribution in [1.82, 2.24) is 4.98 Å². The highest BCUT2D eigenvalue weighted by atomic mass is 32.1. The molecule has 0 saturated heterocycles. The summed E-state index contributed by atoms with van der Waals surface area (Å²) in [5.41, 5.74) is 6.40. The molecule has 0 aliphatic rings. The standard InChI is InChI=1S/C16H15N3S/c1-2-12-7-9-13(10-8-12)11-17-19-16-18-14-5-3-4-6-15(14)20-16/h3-11H,2H2,1H3,(H,18,19). The van der Waals surface area contributed by atoms with Gasteiger partial charge in [-0.2, -0.15) is 5.10 Å². The maximum Gasteiger partial charge on any atom is 0.204 e. The summed E-state index contributed by atoms with van der Waals surface area (Å²) in [6.07, 6.45) is 2.87. The molecule has 1 heterocycles. The first-order valence-corrected chi connectivity index (χ1v) is 7.40. The highest BCUT2D eigenvalue weighted by molar-refractivity contribution is 7.22. The van der Waals surface area contributed by atoms with E-state index in [1.807, 2.05) is 24.4 Å². The first-order chi connectivity index (χ1) is 9.85. The summed E-state index contributed by atoms with van der Waals surface area (Å²) >= 11 is 1.60. The van der Waals surface area contributed by atoms with Gasteiger partial charge in [0.15, 0.2) is 0 Å². The van der Waals surface area contributed by atoms with Gasteiger partial charge in [-0.25, -0.2) is 4.98 Å². The van der Waals surface area contributed by atoms with Crippen LogP contribution < -0.4 is 5.43 Å². The van der Waals surface area contributed by atoms with Gasteiger partial charge in [-0.1, -0.05) is 54.7 Å². The molecule has 3 aromatic rings. The van der Waals surface area contributed by atoms with Crippen LogP contribution in [0.4, 0.5) is 5.13 Å². The third-order valence-corrected chi connectivity index (χ3v) is 4.00. The number of fused-ring (bicyclic) bond motifs is 1. The summed E-state index contributed by atoms with van der Waals surface area (Å²) in [5, 5.41) is 5.05. The van der Waals surface area contributed by atoms with Crippen LogP contribution in [0.3, 0.4) is 0 Å². The lowest BCUT2D eigenvalue weighted by Gasteiger charge is -1.97. The lowest BCUT2D eigenvalue weighted by atomic mass is 10.1. The summed E-state index contributed by atoms with van der Waals surface area (Å²) in [6, 6.07) is 16.5. The van der Waals surface area contributed by atoms with Crippen molar-refractivity contribution in [3.63, 3.8) is 0 Å². The second kappa shape index (κ2) is 5.84. The Hall–Kier alpha value is -2.20. The molecule has 100 valence electrons. The lowest BCUT2D eigenvalue weighted by molar-refractivity contribution is 1.14. The normalized spacial score (nSPS) is 11.2. The molecule has 2 aromatic carbocycles. The van der Waals surface area contributed by atoms with E-state index in [0.29, 0.717) is 0 Å². The fraction of sp³-hybridized carbons (Fsp3) is 0.125. The summed E-state index contributed by atoms with van der Waals surface area (Å²) in [6.45, 7) is 2.15. The highest BCUT2D eigenvalue weighted by Gasteiger charge is 2.00. The Morgan fingerprint density at radius 1 is 1.15 bits per heavy atom. The summed E-state index contributed by atoms with van der Waals surface area (Å²) < 4.78 is 1.16. The van der Waals surface area contributed by atoms with Crippen LogP contribution in [-0.4, -0.2) is 11.2 Å². The molecule has 0 unspecified atom stereocenters. The number of benzene rings is 2. The van der Waals surface area contributed by atoms with E-state index in [2.05, 4.69) is 52.8 Å². The fourth-order valence-corrected chi connectivity index (χ4v) is 2.74. The second-order valence-electron chi connectivity index (χ2n) is 4.45. The zero-order chi connectivity index (χ0) is 13.8. The number of aryl methyl sites for hydroxylation is 1. The third-order valence-electron chi connectivity index (χ3n) is 3.06. The van der Waals surface area contributed by atoms with E-state index in [9.17, 15) is 0 Å². The van der Waals surface area contributed by atoms with Gasteiger partial charge in [0, 0.05) is 0 Å². The van der Waals surface area contributed by atoms with Gasteiger partial charge in [0.05, 0.1) is 16.4 Å². The number of thiazole rings is 1. The van der Waals surface area contributed by atoms with E-state index in [-0.39, 0.29) is 0 Å². The second-order valence-corrected chi connectivity index (χ2v) is 5.48. The zero-order valence-electron chi connectivity index (χ0n) is 11.2. The third kappa shape index (κ3) is 2.86. The van der Waals surface area contributed by atoms with Crippen molar-refractivity contribution >= 4 is 32.9 Å². The first kappa shape index (κ1) is 12.8. The van der Waals surface area contributed by atoms with Crippen molar-refractivity contribution in [2.75, 3.05) is 5.43 Å². The predicted molar refractivity (Wildman–Crippen MR) is 86.7 cm³/mol. The molecule has 0 radical (unpaired) electrons. The minimum Gasteiger partial charge on any atom is -0.253 e. The topological polar surface area (TPSA) is 37.3 Å². The molecule has 1 aromatic heterocycles. The summed E-state index contributed by atoms with van der Waals surface area (Å²) in [4.78, 5) is 4.46. The Bertz CT molecular complexity index is 696. The van der Waals surface area contributed by atoms with Crippen molar-refractivity contribution in [3.05, 3.63) is 59.7 Å². The predicted octanol–water partition coefficient (Wildman–Crippen LogP) is 4.30. The number of hydrazone groups is 1. The van der Waals surface area contributed by atoms with E-state index < -0.39 is 0 Å². The molecule has 20 heavy (non-hydrogen) atoms. The number of nitrogens with zero attached hydrogens (tertiary/aromatic N) is 2. The molecule has 3 nitrogen and oxygen atoms in total. The monoisotopic (exact) mass is 281 g/mol. The van der Waals surface area contributed by atoms with Crippen molar-refractivity contribution in [2.24, 2.45) is 5.10 Å². The van der Waals surface area contributed by atoms with Gasteiger partial charge in [0.1, 0.15) is 0 Å². The Morgan fingerprint density at radius 2 is 1.95 bits per heavy atom. The number of hydrogen-bond donors (Lipinski definition) is 1. The van der Waals surface area contributed by atoms with Crippen LogP contribution >= 0.6 is 11.3 Å². The average Bonchev–Trinajstić information content (AvgIpc) is 2.90. The quantitative estimate of drug-likeness (QED) is 0.571. The Morgan fingerprint density at radius 3 is 2.70 bits per heavy atom. The number of hydrogen-bond acceptors (Lipinski definition) is 4. The smallest absolute Gasteiger partial charge is 0.204 e. The molecule has 0 aliphatic carbocycles. The van der Waals surface area contributed by atoms with Gasteiger partial charge >= 0.3 is 0 Å². The van der Waals surface area contributed by atoms with E-state index in [1.54, 1.807) is 11.3 Å². The SMILES string of the molecule is CCc1ccc(C=NNc2nc3ccccc3s2)cc1. The maximum absolute atomic E-state index is 4.46. The minimum atomic E-state index is 0.813. The molecule has 0 spiro atoms. The molecule has 0 amide bonds. The Balaban J connectivity index is 1.69. The zero-order valence-corrected chi connectivity index (χ0v) is 12.0. The van der Waals surface area contributed by atoms with Crippen LogP contribution in [0.1, 0.15) is 18.1 Å². The molecular formula is C16H15N3S. The van der Waals surface area contributed by atoms with Crippen molar-refractivity contribution in [3.8, 4) is 0 Å². The van der Waals surface area contributed by atoms with E-state index in [1.165, 1.54) is 5.56 Å². The summed E-state index contributed by atoms with van der Waals surface area (Å²) in [5.74, 6) is 0. The van der Waals surface area contributed by atoms with Crippen LogP contribution in [0, 0.1) is 0 Å². The molecule has 3 rings (SSSR count). The molecule has 4 heteroatoms. The van der Waals surface area contributed by atoms with Gasteiger partial charge in [-0.05, 0) is 29.7 Å². The van der Waals surface area contributed by atoms with E-state index in [0.717, 1.165) is 27.3 Å². The maximum atomic E-state index is 4.46. The van der Waals surface area contributed by atoms with Gasteiger partial charge in [0.25, 0.3) is 0 Å². The van der Waals surface area contributed by atoms with Crippen molar-refractivity contribution < 1.29 is 0 Å². The van der Waals surface area contributed by atoms with Crippen molar-refractivity contribution in [1.29, 1.82) is 0 Å². The number of rotatable bonds is 4. The average molecular weight is 281 g/mol. The molecule has 1 N–H and O–H groups in total. The van der Waals surface area contributed by atoms with Crippen LogP contribution in [0.15, 0.2) is 53.6 Å². The van der Waals surface area contributed by atoms with E-state index >= 15 is 0 Å². The van der Waals surface area contributed by atoms with Crippen LogP contribution in [-0.2, 0) is 6.42 Å². The first-order valence-electron chi connectivity index (χ1n) is 6.59. The molecular weight excluding hydrogens is 266 g/mol. The molecule has 0 fully saturated rings. The number of para-hydroxylation sites is 1. The lowest BCUT2D eigenvalue weighted by Crippen LogP contribution is -1.90. The van der Waals surface area contributed by atoms with E-state index in [4.69, 9.17) is 0 Å². The fourth-order valence-electron chi connectivity index (χ4n) is 1.92. The van der Waals surface area contributed by atoms with Gasteiger partial charge in [0.2, 0.25) is 5.13 Å². The van der Waals surface area contributed by atoms with Crippen LogP contribution in [0.25, 0.3) is 10.2 Å². The number of aromatic nitrogens is 1. The Labute approximate surface area is 122 Å². The largest absolute Gasteiger partial charge is 0.253 e. The number of anilines is 1. The van der Waals surface area contributed by atoms with Gasteiger partial charge in [-0.15, -0.1) is 0 Å². The summed E-state index contributed by atoms with van der Waals surface area (Å²) in [7, 11) is 0. The van der Waals surface area contributed by atoms with Gasteiger partial charge < -0.3 is 0 Å². The Kier molecular flexibility index (Phi) is 3.74. The number of nitrogens with one attached hydrogen (secondary N) is 1. The molecule has 0 saturated carbocycles. The highest BCUT2D eigenvalue weighted by Crippen LogP contribution is 2.25. The van der Waals surface area contributed by atoms with Crippen LogP contribution in [0.5, 0.6) is 0 Å².